The smallest absolute Gasteiger partial charge is 0.210 e. The molecule has 0 atom stereocenters. The van der Waals surface area contributed by atoms with Crippen molar-refractivity contribution in [2.45, 2.75) is 26.2 Å². The molecule has 3 heteroatoms. The zero-order valence-corrected chi connectivity index (χ0v) is 9.94. The van der Waals surface area contributed by atoms with Gasteiger partial charge < -0.3 is 0 Å². The summed E-state index contributed by atoms with van der Waals surface area (Å²) in [7, 11) is 0. The second-order valence-corrected chi connectivity index (χ2v) is 4.10. The summed E-state index contributed by atoms with van der Waals surface area (Å²) >= 11 is 0. The van der Waals surface area contributed by atoms with E-state index in [1.807, 2.05) is 24.3 Å². The maximum atomic E-state index is 12.0. The molecule has 1 N–H and O–H groups in total. The Labute approximate surface area is 101 Å². The van der Waals surface area contributed by atoms with Gasteiger partial charge in [0.1, 0.15) is 5.69 Å². The number of ketones is 1. The molecular weight excluding hydrogens is 212 g/mol. The first-order valence-corrected chi connectivity index (χ1v) is 5.94. The largest absolute Gasteiger partial charge is 0.287 e. The van der Waals surface area contributed by atoms with Crippen LogP contribution in [0.1, 0.15) is 41.4 Å². The van der Waals surface area contributed by atoms with E-state index < -0.39 is 0 Å². The van der Waals surface area contributed by atoms with Gasteiger partial charge >= 0.3 is 0 Å². The van der Waals surface area contributed by atoms with Gasteiger partial charge in [-0.3, -0.25) is 9.89 Å². The van der Waals surface area contributed by atoms with E-state index in [1.54, 1.807) is 12.3 Å². The molecule has 1 aromatic carbocycles. The van der Waals surface area contributed by atoms with E-state index in [9.17, 15) is 4.79 Å². The van der Waals surface area contributed by atoms with Crippen LogP contribution in [0.4, 0.5) is 0 Å². The molecule has 0 aliphatic carbocycles. The third-order valence-electron chi connectivity index (χ3n) is 2.78. The molecule has 0 spiro atoms. The predicted octanol–water partition coefficient (Wildman–Crippen LogP) is 2.98. The molecule has 0 aliphatic rings. The molecule has 0 saturated carbocycles. The van der Waals surface area contributed by atoms with Gasteiger partial charge in [-0.15, -0.1) is 0 Å². The minimum Gasteiger partial charge on any atom is -0.287 e. The summed E-state index contributed by atoms with van der Waals surface area (Å²) in [5, 5.41) is 6.47. The second kappa shape index (κ2) is 5.43. The number of carbonyl (C=O) groups excluding carboxylic acids is 1. The fraction of sp³-hybridized carbons (Fsp3) is 0.286. The molecule has 0 saturated heterocycles. The molecule has 0 aliphatic heterocycles. The summed E-state index contributed by atoms with van der Waals surface area (Å²) in [4.78, 5) is 12.0. The van der Waals surface area contributed by atoms with Gasteiger partial charge in [0.05, 0.1) is 0 Å². The van der Waals surface area contributed by atoms with E-state index in [2.05, 4.69) is 17.1 Å². The minimum atomic E-state index is -0.00968. The van der Waals surface area contributed by atoms with Crippen LogP contribution in [-0.2, 0) is 6.42 Å². The number of nitrogens with one attached hydrogen (secondary N) is 1. The first-order chi connectivity index (χ1) is 8.31. The van der Waals surface area contributed by atoms with Crippen molar-refractivity contribution in [2.24, 2.45) is 0 Å². The molecule has 0 fully saturated rings. The number of nitrogens with zero attached hydrogens (tertiary/aromatic N) is 1. The minimum absolute atomic E-state index is 0.00968. The Morgan fingerprint density at radius 3 is 2.59 bits per heavy atom. The van der Waals surface area contributed by atoms with Crippen LogP contribution in [0.25, 0.3) is 0 Å². The Hall–Kier alpha value is -1.90. The lowest BCUT2D eigenvalue weighted by Gasteiger charge is -2.02. The number of aryl methyl sites for hydroxylation is 1. The fourth-order valence-corrected chi connectivity index (χ4v) is 1.74. The quantitative estimate of drug-likeness (QED) is 0.800. The maximum absolute atomic E-state index is 12.0. The van der Waals surface area contributed by atoms with Crippen LogP contribution >= 0.6 is 0 Å². The van der Waals surface area contributed by atoms with E-state index in [-0.39, 0.29) is 5.78 Å². The summed E-state index contributed by atoms with van der Waals surface area (Å²) < 4.78 is 0. The van der Waals surface area contributed by atoms with Crippen molar-refractivity contribution < 1.29 is 4.79 Å². The molecule has 0 amide bonds. The van der Waals surface area contributed by atoms with Gasteiger partial charge in [-0.1, -0.05) is 37.6 Å². The van der Waals surface area contributed by atoms with Crippen LogP contribution in [0.5, 0.6) is 0 Å². The molecule has 0 radical (unpaired) electrons. The lowest BCUT2D eigenvalue weighted by Crippen LogP contribution is -2.01. The lowest BCUT2D eigenvalue weighted by atomic mass is 10.0. The summed E-state index contributed by atoms with van der Waals surface area (Å²) in [6.07, 6.45) is 5.04. The molecule has 1 heterocycles. The molecule has 0 unspecified atom stereocenters. The molecule has 17 heavy (non-hydrogen) atoms. The van der Waals surface area contributed by atoms with Gasteiger partial charge in [-0.2, -0.15) is 5.10 Å². The van der Waals surface area contributed by atoms with E-state index in [0.717, 1.165) is 6.42 Å². The second-order valence-electron chi connectivity index (χ2n) is 4.10. The number of hydrogen-bond acceptors (Lipinski definition) is 2. The number of aromatic amines is 1. The van der Waals surface area contributed by atoms with E-state index in [1.165, 1.54) is 18.4 Å². The molecule has 1 aromatic heterocycles. The molecule has 3 nitrogen and oxygen atoms in total. The van der Waals surface area contributed by atoms with Crippen LogP contribution in [0, 0.1) is 0 Å². The van der Waals surface area contributed by atoms with E-state index in [4.69, 9.17) is 0 Å². The Kier molecular flexibility index (Phi) is 3.70. The number of rotatable bonds is 5. The molecule has 0 bridgehead atoms. The van der Waals surface area contributed by atoms with Crippen molar-refractivity contribution >= 4 is 5.78 Å². The highest BCUT2D eigenvalue weighted by atomic mass is 16.1. The average molecular weight is 228 g/mol. The first kappa shape index (κ1) is 11.6. The highest BCUT2D eigenvalue weighted by Crippen LogP contribution is 2.11. The van der Waals surface area contributed by atoms with Crippen molar-refractivity contribution in [3.8, 4) is 0 Å². The van der Waals surface area contributed by atoms with Gasteiger partial charge in [0.2, 0.25) is 5.78 Å². The maximum Gasteiger partial charge on any atom is 0.210 e. The highest BCUT2D eigenvalue weighted by molar-refractivity contribution is 6.07. The van der Waals surface area contributed by atoms with Crippen LogP contribution in [-0.4, -0.2) is 16.0 Å². The molecule has 2 rings (SSSR count). The standard InChI is InChI=1S/C14H16N2O/c1-2-3-4-11-5-7-12(8-6-11)14(17)13-9-10-15-16-13/h5-10H,2-4H2,1H3,(H,15,16). The summed E-state index contributed by atoms with van der Waals surface area (Å²) in [6, 6.07) is 9.51. The normalized spacial score (nSPS) is 10.4. The summed E-state index contributed by atoms with van der Waals surface area (Å²) in [5.41, 5.74) is 2.52. The van der Waals surface area contributed by atoms with Crippen LogP contribution in [0.3, 0.4) is 0 Å². The SMILES string of the molecule is CCCCc1ccc(C(=O)c2ccn[nH]2)cc1. The Morgan fingerprint density at radius 1 is 1.24 bits per heavy atom. The Balaban J connectivity index is 2.10. The van der Waals surface area contributed by atoms with Gasteiger partial charge in [0, 0.05) is 11.8 Å². The van der Waals surface area contributed by atoms with Gasteiger partial charge in [-0.05, 0) is 24.5 Å². The van der Waals surface area contributed by atoms with Crippen LogP contribution in [0.15, 0.2) is 36.5 Å². The summed E-state index contributed by atoms with van der Waals surface area (Å²) in [5.74, 6) is -0.00968. The highest BCUT2D eigenvalue weighted by Gasteiger charge is 2.09. The van der Waals surface area contributed by atoms with Crippen molar-refractivity contribution in [1.82, 2.24) is 10.2 Å². The van der Waals surface area contributed by atoms with E-state index in [0.29, 0.717) is 11.3 Å². The zero-order chi connectivity index (χ0) is 12.1. The van der Waals surface area contributed by atoms with Crippen molar-refractivity contribution in [3.63, 3.8) is 0 Å². The average Bonchev–Trinajstić information content (AvgIpc) is 2.90. The number of unbranched alkanes of at least 4 members (excludes halogenated alkanes) is 1. The molecule has 2 aromatic rings. The predicted molar refractivity (Wildman–Crippen MR) is 67.1 cm³/mol. The Morgan fingerprint density at radius 2 is 2.00 bits per heavy atom. The van der Waals surface area contributed by atoms with Crippen molar-refractivity contribution in [1.29, 1.82) is 0 Å². The fourth-order valence-electron chi connectivity index (χ4n) is 1.74. The monoisotopic (exact) mass is 228 g/mol. The topological polar surface area (TPSA) is 45.8 Å². The number of carbonyl (C=O) groups is 1. The molecular formula is C14H16N2O. The zero-order valence-electron chi connectivity index (χ0n) is 9.94. The summed E-state index contributed by atoms with van der Waals surface area (Å²) in [6.45, 7) is 2.18. The van der Waals surface area contributed by atoms with E-state index >= 15 is 0 Å². The van der Waals surface area contributed by atoms with Crippen LogP contribution < -0.4 is 0 Å². The number of benzene rings is 1. The number of hydrogen-bond donors (Lipinski definition) is 1. The van der Waals surface area contributed by atoms with Crippen molar-refractivity contribution in [3.05, 3.63) is 53.3 Å². The van der Waals surface area contributed by atoms with Gasteiger partial charge in [-0.25, -0.2) is 0 Å². The van der Waals surface area contributed by atoms with Gasteiger partial charge in [0.25, 0.3) is 0 Å². The van der Waals surface area contributed by atoms with Crippen LogP contribution in [0.2, 0.25) is 0 Å². The molecule has 88 valence electrons. The third-order valence-corrected chi connectivity index (χ3v) is 2.78. The van der Waals surface area contributed by atoms with Crippen molar-refractivity contribution in [2.75, 3.05) is 0 Å². The third kappa shape index (κ3) is 2.81. The van der Waals surface area contributed by atoms with Gasteiger partial charge in [0.15, 0.2) is 0 Å². The lowest BCUT2D eigenvalue weighted by molar-refractivity contribution is 0.103. The Bertz CT molecular complexity index is 471. The first-order valence-electron chi connectivity index (χ1n) is 5.94. The number of H-pyrrole nitrogens is 1. The number of aromatic nitrogens is 2.